The summed E-state index contributed by atoms with van der Waals surface area (Å²) in [6.45, 7) is 5.91. The lowest BCUT2D eigenvalue weighted by molar-refractivity contribution is 0.226. The van der Waals surface area contributed by atoms with E-state index in [1.165, 1.54) is 11.8 Å². The van der Waals surface area contributed by atoms with Gasteiger partial charge in [0.25, 0.3) is 0 Å². The number of sulfonamides is 1. The van der Waals surface area contributed by atoms with E-state index in [4.69, 9.17) is 5.14 Å². The Hall–Kier alpha value is -0.630. The predicted molar refractivity (Wildman–Crippen MR) is 86.5 cm³/mol. The largest absolute Gasteiger partial charge is 0.345 e. The van der Waals surface area contributed by atoms with Crippen molar-refractivity contribution in [1.82, 2.24) is 4.90 Å². The first-order valence-electron chi connectivity index (χ1n) is 6.09. The Bertz CT molecular complexity index is 606. The second kappa shape index (κ2) is 5.63. The van der Waals surface area contributed by atoms with Gasteiger partial charge < -0.3 is 4.90 Å². The Morgan fingerprint density at radius 1 is 1.25 bits per heavy atom. The molecule has 0 amide bonds. The highest BCUT2D eigenvalue weighted by atomic mass is 32.3. The van der Waals surface area contributed by atoms with Crippen molar-refractivity contribution in [1.29, 1.82) is 0 Å². The van der Waals surface area contributed by atoms with E-state index >= 15 is 0 Å². The molecule has 1 aromatic rings. The van der Waals surface area contributed by atoms with Gasteiger partial charge in [-0.25, -0.2) is 13.6 Å². The minimum atomic E-state index is -3.64. The fraction of sp³-hybridized carbons (Fsp3) is 0.385. The van der Waals surface area contributed by atoms with Crippen molar-refractivity contribution < 1.29 is 8.42 Å². The van der Waals surface area contributed by atoms with E-state index < -0.39 is 14.7 Å². The van der Waals surface area contributed by atoms with Crippen molar-refractivity contribution in [2.24, 2.45) is 5.14 Å². The maximum absolute atomic E-state index is 11.8. The van der Waals surface area contributed by atoms with Crippen molar-refractivity contribution in [3.05, 3.63) is 40.8 Å². The van der Waals surface area contributed by atoms with Gasteiger partial charge in [0.1, 0.15) is 0 Å². The first-order chi connectivity index (χ1) is 9.18. The smallest absolute Gasteiger partial charge is 0.240 e. The number of nitrogens with two attached hydrogens (primary N) is 1. The number of nitrogens with zero attached hydrogens (tertiary/aromatic N) is 1. The van der Waals surface area contributed by atoms with Gasteiger partial charge >= 0.3 is 0 Å². The van der Waals surface area contributed by atoms with Crippen LogP contribution >= 0.6 is 23.5 Å². The summed E-state index contributed by atoms with van der Waals surface area (Å²) >= 11 is 2.84. The molecule has 1 heterocycles. The predicted octanol–water partition coefficient (Wildman–Crippen LogP) is 3.00. The molecule has 1 aliphatic rings. The summed E-state index contributed by atoms with van der Waals surface area (Å²) in [4.78, 5) is 2.88. The highest BCUT2D eigenvalue weighted by Gasteiger charge is 2.39. The Labute approximate surface area is 128 Å². The molecule has 2 N–H and O–H groups in total. The molecule has 0 fully saturated rings. The Balaban J connectivity index is 2.25. The third-order valence-corrected chi connectivity index (χ3v) is 6.71. The summed E-state index contributed by atoms with van der Waals surface area (Å²) in [6.07, 6.45) is 1.89. The zero-order valence-electron chi connectivity index (χ0n) is 11.6. The SMILES string of the molecule is CC(C)(C)N1C=C(Sc2ccccc2)SC1S(N)(=O)=O. The molecule has 1 atom stereocenters. The van der Waals surface area contributed by atoms with Gasteiger partial charge in [0.05, 0.1) is 4.24 Å². The molecule has 1 unspecified atom stereocenters. The molecule has 4 nitrogen and oxygen atoms in total. The highest BCUT2D eigenvalue weighted by molar-refractivity contribution is 8.26. The summed E-state index contributed by atoms with van der Waals surface area (Å²) in [5.74, 6) is 0. The molecule has 0 saturated heterocycles. The van der Waals surface area contributed by atoms with Gasteiger partial charge in [-0.15, -0.1) is 0 Å². The molecule has 0 radical (unpaired) electrons. The van der Waals surface area contributed by atoms with E-state index in [0.29, 0.717) is 0 Å². The van der Waals surface area contributed by atoms with Crippen LogP contribution in [0.15, 0.2) is 45.7 Å². The molecule has 1 aliphatic heterocycles. The number of thioether (sulfide) groups is 2. The topological polar surface area (TPSA) is 63.4 Å². The maximum atomic E-state index is 11.8. The summed E-state index contributed by atoms with van der Waals surface area (Å²) < 4.78 is 23.7. The van der Waals surface area contributed by atoms with E-state index in [-0.39, 0.29) is 5.54 Å². The zero-order chi connectivity index (χ0) is 15.0. The molecule has 110 valence electrons. The van der Waals surface area contributed by atoms with Crippen LogP contribution in [0, 0.1) is 0 Å². The lowest BCUT2D eigenvalue weighted by atomic mass is 10.1. The number of hydrogen-bond donors (Lipinski definition) is 1. The van der Waals surface area contributed by atoms with Crippen molar-refractivity contribution in [3.63, 3.8) is 0 Å². The fourth-order valence-electron chi connectivity index (χ4n) is 1.75. The standard InChI is InChI=1S/C13H18N2O2S3/c1-13(2,3)15-9-11(19-12(15)20(14,16)17)18-10-7-5-4-6-8-10/h4-9,12H,1-3H3,(H2,14,16,17). The quantitative estimate of drug-likeness (QED) is 0.923. The third-order valence-electron chi connectivity index (χ3n) is 2.71. The van der Waals surface area contributed by atoms with Gasteiger partial charge in [0.2, 0.25) is 10.0 Å². The second-order valence-electron chi connectivity index (χ2n) is 5.46. The molecule has 20 heavy (non-hydrogen) atoms. The maximum Gasteiger partial charge on any atom is 0.240 e. The fourth-order valence-corrected chi connectivity index (χ4v) is 5.79. The molecule has 0 bridgehead atoms. The van der Waals surface area contributed by atoms with Crippen molar-refractivity contribution in [2.75, 3.05) is 0 Å². The van der Waals surface area contributed by atoms with E-state index in [9.17, 15) is 8.42 Å². The van der Waals surface area contributed by atoms with E-state index in [1.54, 1.807) is 16.7 Å². The number of primary sulfonamides is 1. The zero-order valence-corrected chi connectivity index (χ0v) is 14.1. The summed E-state index contributed by atoms with van der Waals surface area (Å²) in [5, 5.41) is 5.35. The van der Waals surface area contributed by atoms with Crippen LogP contribution in [0.5, 0.6) is 0 Å². The van der Waals surface area contributed by atoms with Crippen LogP contribution in [0.2, 0.25) is 0 Å². The molecule has 7 heteroatoms. The average Bonchev–Trinajstić information content (AvgIpc) is 2.74. The van der Waals surface area contributed by atoms with E-state index in [1.807, 2.05) is 57.3 Å². The molecular weight excluding hydrogens is 312 g/mol. The molecule has 0 aliphatic carbocycles. The van der Waals surface area contributed by atoms with Crippen LogP contribution in [-0.4, -0.2) is 23.6 Å². The van der Waals surface area contributed by atoms with Crippen LogP contribution in [0.4, 0.5) is 0 Å². The highest BCUT2D eigenvalue weighted by Crippen LogP contribution is 2.46. The van der Waals surface area contributed by atoms with Crippen LogP contribution in [0.3, 0.4) is 0 Å². The van der Waals surface area contributed by atoms with Gasteiger partial charge in [0.15, 0.2) is 4.71 Å². The number of hydrogen-bond acceptors (Lipinski definition) is 5. The minimum Gasteiger partial charge on any atom is -0.345 e. The molecule has 2 rings (SSSR count). The summed E-state index contributed by atoms with van der Waals surface area (Å²) in [5.41, 5.74) is -0.302. The van der Waals surface area contributed by atoms with Crippen LogP contribution in [0.1, 0.15) is 20.8 Å². The molecular formula is C13H18N2O2S3. The average molecular weight is 331 g/mol. The van der Waals surface area contributed by atoms with E-state index in [2.05, 4.69) is 0 Å². The molecule has 0 aromatic heterocycles. The van der Waals surface area contributed by atoms with Gasteiger partial charge in [-0.2, -0.15) is 0 Å². The van der Waals surface area contributed by atoms with Crippen LogP contribution < -0.4 is 5.14 Å². The van der Waals surface area contributed by atoms with Gasteiger partial charge in [0, 0.05) is 16.6 Å². The Morgan fingerprint density at radius 3 is 2.30 bits per heavy atom. The summed E-state index contributed by atoms with van der Waals surface area (Å²) in [7, 11) is -3.64. The third kappa shape index (κ3) is 3.72. The van der Waals surface area contributed by atoms with Gasteiger partial charge in [-0.1, -0.05) is 41.7 Å². The minimum absolute atomic E-state index is 0.302. The lowest BCUT2D eigenvalue weighted by Gasteiger charge is -2.35. The molecule has 0 spiro atoms. The van der Waals surface area contributed by atoms with Crippen LogP contribution in [0.25, 0.3) is 0 Å². The first kappa shape index (κ1) is 15.8. The van der Waals surface area contributed by atoms with Crippen molar-refractivity contribution in [2.45, 2.75) is 35.9 Å². The monoisotopic (exact) mass is 330 g/mol. The number of rotatable bonds is 3. The Kier molecular flexibility index (Phi) is 4.44. The van der Waals surface area contributed by atoms with Gasteiger partial charge in [-0.05, 0) is 32.9 Å². The van der Waals surface area contributed by atoms with Crippen LogP contribution in [-0.2, 0) is 10.0 Å². The second-order valence-corrected chi connectivity index (χ2v) is 9.87. The summed E-state index contributed by atoms with van der Waals surface area (Å²) in [6, 6.07) is 9.87. The van der Waals surface area contributed by atoms with Crippen molar-refractivity contribution >= 4 is 33.5 Å². The molecule has 1 aromatic carbocycles. The van der Waals surface area contributed by atoms with Crippen molar-refractivity contribution in [3.8, 4) is 0 Å². The number of benzene rings is 1. The van der Waals surface area contributed by atoms with Gasteiger partial charge in [-0.3, -0.25) is 0 Å². The normalized spacial score (nSPS) is 20.1. The Morgan fingerprint density at radius 2 is 1.85 bits per heavy atom. The molecule has 0 saturated carbocycles. The first-order valence-corrected chi connectivity index (χ1v) is 9.40. The van der Waals surface area contributed by atoms with E-state index in [0.717, 1.165) is 9.13 Å². The lowest BCUT2D eigenvalue weighted by Crippen LogP contribution is -2.46.